The van der Waals surface area contributed by atoms with E-state index < -0.39 is 5.92 Å². The summed E-state index contributed by atoms with van der Waals surface area (Å²) >= 11 is 0. The number of halogens is 1. The van der Waals surface area contributed by atoms with Crippen LogP contribution in [0.1, 0.15) is 17.9 Å². The molecule has 1 amide bonds. The normalized spacial score (nSPS) is 19.6. The summed E-state index contributed by atoms with van der Waals surface area (Å²) < 4.78 is 12.7. The van der Waals surface area contributed by atoms with Gasteiger partial charge in [0, 0.05) is 12.6 Å². The van der Waals surface area contributed by atoms with Crippen molar-refractivity contribution in [1.29, 1.82) is 5.26 Å². The summed E-state index contributed by atoms with van der Waals surface area (Å²) in [4.78, 5) is 11.7. The van der Waals surface area contributed by atoms with Gasteiger partial charge in [-0.3, -0.25) is 4.79 Å². The van der Waals surface area contributed by atoms with Crippen LogP contribution in [0.3, 0.4) is 0 Å². The van der Waals surface area contributed by atoms with Gasteiger partial charge in [0.25, 0.3) is 5.91 Å². The number of carbonyl (C=O) groups excluding carboxylic acids is 1. The molecule has 0 N–H and O–H groups in total. The standard InChI is InChI=1S/C11H8FN3O/c12-9-3-1-8(2-4-9)10-5-6-14-15(7-13)11(10)16/h1-4,6,10H,5H2. The van der Waals surface area contributed by atoms with E-state index in [1.54, 1.807) is 18.3 Å². The fourth-order valence-corrected chi connectivity index (χ4v) is 1.59. The minimum absolute atomic E-state index is 0.349. The van der Waals surface area contributed by atoms with E-state index in [9.17, 15) is 9.18 Å². The zero-order valence-electron chi connectivity index (χ0n) is 8.30. The van der Waals surface area contributed by atoms with E-state index in [-0.39, 0.29) is 11.7 Å². The van der Waals surface area contributed by atoms with Crippen molar-refractivity contribution < 1.29 is 9.18 Å². The van der Waals surface area contributed by atoms with Gasteiger partial charge in [0.1, 0.15) is 5.82 Å². The lowest BCUT2D eigenvalue weighted by Crippen LogP contribution is -2.31. The fraction of sp³-hybridized carbons (Fsp3) is 0.182. The highest BCUT2D eigenvalue weighted by molar-refractivity contribution is 5.90. The Balaban J connectivity index is 2.29. The third-order valence-corrected chi connectivity index (χ3v) is 2.41. The average Bonchev–Trinajstić information content (AvgIpc) is 2.31. The third-order valence-electron chi connectivity index (χ3n) is 2.41. The lowest BCUT2D eigenvalue weighted by atomic mass is 9.94. The van der Waals surface area contributed by atoms with Crippen LogP contribution in [-0.4, -0.2) is 17.1 Å². The average molecular weight is 217 g/mol. The van der Waals surface area contributed by atoms with Crippen molar-refractivity contribution in [3.63, 3.8) is 0 Å². The van der Waals surface area contributed by atoms with Gasteiger partial charge < -0.3 is 0 Å². The fourth-order valence-electron chi connectivity index (χ4n) is 1.59. The Labute approximate surface area is 91.6 Å². The zero-order chi connectivity index (χ0) is 11.5. The Hall–Kier alpha value is -2.22. The summed E-state index contributed by atoms with van der Waals surface area (Å²) in [7, 11) is 0. The van der Waals surface area contributed by atoms with E-state index in [2.05, 4.69) is 5.10 Å². The smallest absolute Gasteiger partial charge is 0.264 e. The molecule has 0 saturated heterocycles. The van der Waals surface area contributed by atoms with E-state index in [0.29, 0.717) is 12.0 Å². The Morgan fingerprint density at radius 1 is 1.44 bits per heavy atom. The van der Waals surface area contributed by atoms with Crippen LogP contribution in [0, 0.1) is 17.3 Å². The molecule has 0 spiro atoms. The Morgan fingerprint density at radius 3 is 2.75 bits per heavy atom. The first-order chi connectivity index (χ1) is 7.72. The highest BCUT2D eigenvalue weighted by Gasteiger charge is 2.28. The SMILES string of the molecule is N#CN1N=CCC(c2ccc(F)cc2)C1=O. The largest absolute Gasteiger partial charge is 0.271 e. The molecule has 2 rings (SSSR count). The quantitative estimate of drug-likeness (QED) is 0.671. The van der Waals surface area contributed by atoms with Crippen molar-refractivity contribution in [2.45, 2.75) is 12.3 Å². The van der Waals surface area contributed by atoms with Gasteiger partial charge in [-0.1, -0.05) is 12.1 Å². The summed E-state index contributed by atoms with van der Waals surface area (Å²) in [5.74, 6) is -1.17. The summed E-state index contributed by atoms with van der Waals surface area (Å²) in [5, 5.41) is 13.0. The Morgan fingerprint density at radius 2 is 2.12 bits per heavy atom. The van der Waals surface area contributed by atoms with Gasteiger partial charge in [-0.25, -0.2) is 4.39 Å². The zero-order valence-corrected chi connectivity index (χ0v) is 8.30. The monoisotopic (exact) mass is 217 g/mol. The van der Waals surface area contributed by atoms with Crippen molar-refractivity contribution in [2.24, 2.45) is 5.10 Å². The topological polar surface area (TPSA) is 56.5 Å². The maximum Gasteiger partial charge on any atom is 0.264 e. The second kappa shape index (κ2) is 4.11. The number of hydrazone groups is 1. The molecule has 0 fully saturated rings. The van der Waals surface area contributed by atoms with Gasteiger partial charge >= 0.3 is 0 Å². The lowest BCUT2D eigenvalue weighted by molar-refractivity contribution is -0.130. The van der Waals surface area contributed by atoms with Gasteiger partial charge in [-0.15, -0.1) is 5.01 Å². The molecule has 80 valence electrons. The van der Waals surface area contributed by atoms with Crippen LogP contribution >= 0.6 is 0 Å². The van der Waals surface area contributed by atoms with Gasteiger partial charge in [0.15, 0.2) is 0 Å². The minimum Gasteiger partial charge on any atom is -0.271 e. The van der Waals surface area contributed by atoms with Crippen molar-refractivity contribution in [2.75, 3.05) is 0 Å². The predicted molar refractivity (Wildman–Crippen MR) is 54.7 cm³/mol. The van der Waals surface area contributed by atoms with Crippen LogP contribution in [0.25, 0.3) is 0 Å². The number of rotatable bonds is 1. The second-order valence-electron chi connectivity index (χ2n) is 3.39. The van der Waals surface area contributed by atoms with Crippen molar-refractivity contribution >= 4 is 12.1 Å². The van der Waals surface area contributed by atoms with Crippen molar-refractivity contribution in [3.05, 3.63) is 35.6 Å². The molecule has 0 bridgehead atoms. The van der Waals surface area contributed by atoms with Crippen LogP contribution in [-0.2, 0) is 4.79 Å². The third kappa shape index (κ3) is 1.77. The van der Waals surface area contributed by atoms with Crippen LogP contribution in [0.4, 0.5) is 4.39 Å². The molecule has 5 heteroatoms. The number of nitrogens with zero attached hydrogens (tertiary/aromatic N) is 3. The number of hydrogen-bond acceptors (Lipinski definition) is 3. The van der Waals surface area contributed by atoms with Gasteiger partial charge in [0.05, 0.1) is 5.92 Å². The highest BCUT2D eigenvalue weighted by atomic mass is 19.1. The van der Waals surface area contributed by atoms with Crippen LogP contribution < -0.4 is 0 Å². The molecule has 1 aliphatic heterocycles. The van der Waals surface area contributed by atoms with Gasteiger partial charge in [-0.05, 0) is 17.7 Å². The Bertz CT molecular complexity index is 475. The molecule has 0 aromatic heterocycles. The number of benzene rings is 1. The van der Waals surface area contributed by atoms with E-state index in [0.717, 1.165) is 5.01 Å². The van der Waals surface area contributed by atoms with Crippen LogP contribution in [0.5, 0.6) is 0 Å². The molecular formula is C11H8FN3O. The maximum absolute atomic E-state index is 12.7. The first kappa shape index (κ1) is 10.3. The van der Waals surface area contributed by atoms with E-state index in [4.69, 9.17) is 5.26 Å². The van der Waals surface area contributed by atoms with Crippen molar-refractivity contribution in [1.82, 2.24) is 5.01 Å². The molecular weight excluding hydrogens is 209 g/mol. The first-order valence-electron chi connectivity index (χ1n) is 4.74. The van der Waals surface area contributed by atoms with Crippen molar-refractivity contribution in [3.8, 4) is 6.19 Å². The summed E-state index contributed by atoms with van der Waals surface area (Å²) in [6.45, 7) is 0. The molecule has 4 nitrogen and oxygen atoms in total. The van der Waals surface area contributed by atoms with E-state index in [1.165, 1.54) is 18.3 Å². The number of hydrogen-bond donors (Lipinski definition) is 0. The molecule has 16 heavy (non-hydrogen) atoms. The van der Waals surface area contributed by atoms with Crippen LogP contribution in [0.2, 0.25) is 0 Å². The lowest BCUT2D eigenvalue weighted by Gasteiger charge is -2.20. The number of amides is 1. The van der Waals surface area contributed by atoms with E-state index in [1.807, 2.05) is 0 Å². The molecule has 0 radical (unpaired) electrons. The minimum atomic E-state index is -0.447. The Kier molecular flexibility index (Phi) is 2.64. The van der Waals surface area contributed by atoms with Gasteiger partial charge in [0.2, 0.25) is 6.19 Å². The molecule has 1 heterocycles. The van der Waals surface area contributed by atoms with E-state index >= 15 is 0 Å². The predicted octanol–water partition coefficient (Wildman–Crippen LogP) is 1.61. The summed E-state index contributed by atoms with van der Waals surface area (Å²) in [6.07, 6.45) is 3.62. The van der Waals surface area contributed by atoms with Gasteiger partial charge in [-0.2, -0.15) is 10.4 Å². The van der Waals surface area contributed by atoms with Crippen LogP contribution in [0.15, 0.2) is 29.4 Å². The number of carbonyl (C=O) groups is 1. The molecule has 1 aromatic rings. The summed E-state index contributed by atoms with van der Waals surface area (Å²) in [5.41, 5.74) is 0.692. The molecule has 0 aliphatic carbocycles. The second-order valence-corrected chi connectivity index (χ2v) is 3.39. The highest BCUT2D eigenvalue weighted by Crippen LogP contribution is 2.24. The molecule has 1 aliphatic rings. The molecule has 0 saturated carbocycles. The molecule has 1 unspecified atom stereocenters. The first-order valence-corrected chi connectivity index (χ1v) is 4.74. The maximum atomic E-state index is 12.7. The number of nitriles is 1. The summed E-state index contributed by atoms with van der Waals surface area (Å²) in [6, 6.07) is 5.69. The molecule has 1 atom stereocenters. The molecule has 1 aromatic carbocycles.